The number of guanidine groups is 1. The number of thiophene rings is 1. The Hall–Kier alpha value is -2.34. The monoisotopic (exact) mass is 384 g/mol. The molecule has 0 atom stereocenters. The highest BCUT2D eigenvalue weighted by Gasteiger charge is 2.22. The number of piperidine rings is 1. The molecule has 3 rings (SSSR count). The van der Waals surface area contributed by atoms with Crippen molar-refractivity contribution in [3.05, 3.63) is 58.3 Å². The van der Waals surface area contributed by atoms with E-state index in [0.717, 1.165) is 38.9 Å². The lowest BCUT2D eigenvalue weighted by molar-refractivity contribution is -0.131. The molecule has 2 N–H and O–H groups in total. The number of amides is 1. The Balaban J connectivity index is 1.37. The molecule has 0 radical (unpaired) electrons. The lowest BCUT2D eigenvalue weighted by Crippen LogP contribution is -2.46. The SMILES string of the molecule is CN=C(NCC(=O)N1CCC(Cc2ccccc2)CC1)NCc1cccs1. The van der Waals surface area contributed by atoms with Gasteiger partial charge in [-0.15, -0.1) is 11.3 Å². The van der Waals surface area contributed by atoms with Crippen molar-refractivity contribution >= 4 is 23.2 Å². The van der Waals surface area contributed by atoms with E-state index >= 15 is 0 Å². The van der Waals surface area contributed by atoms with Crippen LogP contribution in [-0.2, 0) is 17.8 Å². The minimum atomic E-state index is 0.146. The highest BCUT2D eigenvalue weighted by molar-refractivity contribution is 7.09. The molecule has 0 bridgehead atoms. The molecule has 0 spiro atoms. The largest absolute Gasteiger partial charge is 0.352 e. The van der Waals surface area contributed by atoms with Crippen LogP contribution in [0, 0.1) is 5.92 Å². The van der Waals surface area contributed by atoms with E-state index in [4.69, 9.17) is 0 Å². The third-order valence-electron chi connectivity index (χ3n) is 4.98. The fraction of sp³-hybridized carbons (Fsp3) is 0.429. The van der Waals surface area contributed by atoms with E-state index in [0.29, 0.717) is 11.9 Å². The van der Waals surface area contributed by atoms with Gasteiger partial charge in [0.05, 0.1) is 13.1 Å². The molecule has 1 saturated heterocycles. The molecule has 1 aliphatic heterocycles. The zero-order chi connectivity index (χ0) is 18.9. The molecule has 27 heavy (non-hydrogen) atoms. The van der Waals surface area contributed by atoms with Crippen molar-refractivity contribution in [1.82, 2.24) is 15.5 Å². The molecule has 1 aromatic heterocycles. The Bertz CT molecular complexity index is 722. The zero-order valence-electron chi connectivity index (χ0n) is 15.9. The lowest BCUT2D eigenvalue weighted by atomic mass is 9.90. The Labute approximate surface area is 165 Å². The highest BCUT2D eigenvalue weighted by atomic mass is 32.1. The van der Waals surface area contributed by atoms with E-state index in [1.807, 2.05) is 11.0 Å². The Morgan fingerprint density at radius 1 is 1.15 bits per heavy atom. The van der Waals surface area contributed by atoms with Crippen LogP contribution in [0.5, 0.6) is 0 Å². The van der Waals surface area contributed by atoms with Gasteiger partial charge in [0.15, 0.2) is 5.96 Å². The molecule has 6 heteroatoms. The molecule has 1 fully saturated rings. The van der Waals surface area contributed by atoms with Gasteiger partial charge in [0.2, 0.25) is 5.91 Å². The highest BCUT2D eigenvalue weighted by Crippen LogP contribution is 2.21. The Kier molecular flexibility index (Phi) is 7.27. The predicted molar refractivity (Wildman–Crippen MR) is 112 cm³/mol. The van der Waals surface area contributed by atoms with Crippen molar-refractivity contribution in [1.29, 1.82) is 0 Å². The molecule has 1 amide bonds. The molecule has 1 aromatic carbocycles. The van der Waals surface area contributed by atoms with Crippen LogP contribution in [0.3, 0.4) is 0 Å². The smallest absolute Gasteiger partial charge is 0.241 e. The lowest BCUT2D eigenvalue weighted by Gasteiger charge is -2.32. The molecular weight excluding hydrogens is 356 g/mol. The molecule has 2 heterocycles. The first-order valence-corrected chi connectivity index (χ1v) is 10.4. The molecular formula is C21H28N4OS. The van der Waals surface area contributed by atoms with Crippen LogP contribution in [0.1, 0.15) is 23.3 Å². The van der Waals surface area contributed by atoms with Gasteiger partial charge >= 0.3 is 0 Å². The van der Waals surface area contributed by atoms with E-state index in [1.54, 1.807) is 18.4 Å². The first kappa shape index (κ1) is 19.4. The summed E-state index contributed by atoms with van der Waals surface area (Å²) in [6.45, 7) is 2.70. The number of likely N-dealkylation sites (tertiary alicyclic amines) is 1. The van der Waals surface area contributed by atoms with Crippen LogP contribution in [0.15, 0.2) is 52.8 Å². The van der Waals surface area contributed by atoms with E-state index in [-0.39, 0.29) is 12.5 Å². The molecule has 0 saturated carbocycles. The molecule has 0 aliphatic carbocycles. The topological polar surface area (TPSA) is 56.7 Å². The first-order chi connectivity index (χ1) is 13.2. The van der Waals surface area contributed by atoms with Crippen LogP contribution >= 0.6 is 11.3 Å². The van der Waals surface area contributed by atoms with Gasteiger partial charge in [0.25, 0.3) is 0 Å². The second-order valence-corrected chi connectivity index (χ2v) is 7.90. The maximum Gasteiger partial charge on any atom is 0.241 e. The van der Waals surface area contributed by atoms with Gasteiger partial charge in [0.1, 0.15) is 0 Å². The van der Waals surface area contributed by atoms with E-state index in [1.165, 1.54) is 10.4 Å². The van der Waals surface area contributed by atoms with Gasteiger partial charge in [-0.05, 0) is 42.2 Å². The van der Waals surface area contributed by atoms with Gasteiger partial charge in [-0.1, -0.05) is 36.4 Å². The third kappa shape index (κ3) is 6.10. The normalized spacial score (nSPS) is 15.6. The standard InChI is InChI=1S/C21H28N4OS/c1-22-21(23-15-19-8-5-13-27-19)24-16-20(26)25-11-9-18(10-12-25)14-17-6-3-2-4-7-17/h2-8,13,18H,9-12,14-16H2,1H3,(H2,22,23,24). The summed E-state index contributed by atoms with van der Waals surface area (Å²) in [5.74, 6) is 1.48. The first-order valence-electron chi connectivity index (χ1n) is 9.53. The summed E-state index contributed by atoms with van der Waals surface area (Å²) in [7, 11) is 1.73. The fourth-order valence-corrected chi connectivity index (χ4v) is 4.05. The average Bonchev–Trinajstić information content (AvgIpc) is 3.23. The summed E-state index contributed by atoms with van der Waals surface area (Å²) in [6.07, 6.45) is 3.26. The van der Waals surface area contributed by atoms with Crippen molar-refractivity contribution in [2.75, 3.05) is 26.7 Å². The summed E-state index contributed by atoms with van der Waals surface area (Å²) < 4.78 is 0. The van der Waals surface area contributed by atoms with Gasteiger partial charge < -0.3 is 15.5 Å². The summed E-state index contributed by atoms with van der Waals surface area (Å²) in [5, 5.41) is 8.43. The molecule has 1 aliphatic rings. The van der Waals surface area contributed by atoms with Gasteiger partial charge in [0, 0.05) is 25.0 Å². The Morgan fingerprint density at radius 3 is 2.59 bits per heavy atom. The number of nitrogens with zero attached hydrogens (tertiary/aromatic N) is 2. The number of rotatable bonds is 6. The second kappa shape index (κ2) is 10.1. The van der Waals surface area contributed by atoms with Crippen molar-refractivity contribution in [3.63, 3.8) is 0 Å². The average molecular weight is 385 g/mol. The van der Waals surface area contributed by atoms with Crippen LogP contribution in [0.25, 0.3) is 0 Å². The van der Waals surface area contributed by atoms with E-state index in [2.05, 4.69) is 57.4 Å². The summed E-state index contributed by atoms with van der Waals surface area (Å²) in [4.78, 5) is 19.9. The number of carbonyl (C=O) groups excluding carboxylic acids is 1. The molecule has 0 unspecified atom stereocenters. The quantitative estimate of drug-likeness (QED) is 0.595. The third-order valence-corrected chi connectivity index (χ3v) is 5.85. The second-order valence-electron chi connectivity index (χ2n) is 6.87. The van der Waals surface area contributed by atoms with Crippen molar-refractivity contribution < 1.29 is 4.79 Å². The number of aliphatic imine (C=N–C) groups is 1. The van der Waals surface area contributed by atoms with Crippen LogP contribution in [0.2, 0.25) is 0 Å². The molecule has 5 nitrogen and oxygen atoms in total. The Morgan fingerprint density at radius 2 is 1.93 bits per heavy atom. The predicted octanol–water partition coefficient (Wildman–Crippen LogP) is 2.89. The number of nitrogens with one attached hydrogen (secondary N) is 2. The van der Waals surface area contributed by atoms with E-state index < -0.39 is 0 Å². The van der Waals surface area contributed by atoms with Crippen LogP contribution in [0.4, 0.5) is 0 Å². The van der Waals surface area contributed by atoms with Crippen molar-refractivity contribution in [3.8, 4) is 0 Å². The minimum absolute atomic E-state index is 0.146. The van der Waals surface area contributed by atoms with Crippen LogP contribution in [-0.4, -0.2) is 43.4 Å². The molecule has 144 valence electrons. The van der Waals surface area contributed by atoms with Gasteiger partial charge in [-0.3, -0.25) is 9.79 Å². The van der Waals surface area contributed by atoms with Gasteiger partial charge in [-0.25, -0.2) is 0 Å². The van der Waals surface area contributed by atoms with E-state index in [9.17, 15) is 4.79 Å². The number of hydrogen-bond acceptors (Lipinski definition) is 3. The molecule has 2 aromatic rings. The minimum Gasteiger partial charge on any atom is -0.352 e. The van der Waals surface area contributed by atoms with Gasteiger partial charge in [-0.2, -0.15) is 0 Å². The number of benzene rings is 1. The van der Waals surface area contributed by atoms with Crippen molar-refractivity contribution in [2.45, 2.75) is 25.8 Å². The zero-order valence-corrected chi connectivity index (χ0v) is 16.7. The summed E-state index contributed by atoms with van der Waals surface area (Å²) >= 11 is 1.70. The van der Waals surface area contributed by atoms with Crippen molar-refractivity contribution in [2.24, 2.45) is 10.9 Å². The summed E-state index contributed by atoms with van der Waals surface area (Å²) in [6, 6.07) is 14.7. The number of carbonyl (C=O) groups is 1. The maximum absolute atomic E-state index is 12.5. The van der Waals surface area contributed by atoms with Crippen LogP contribution < -0.4 is 10.6 Å². The summed E-state index contributed by atoms with van der Waals surface area (Å²) in [5.41, 5.74) is 1.39. The number of hydrogen-bond donors (Lipinski definition) is 2. The fourth-order valence-electron chi connectivity index (χ4n) is 3.41. The maximum atomic E-state index is 12.5.